The second kappa shape index (κ2) is 48.3. The molecular formula is C94H140F3N11O11S10. The molecule has 718 valence electrons. The molecule has 8 heterocycles. The third kappa shape index (κ3) is 26.1. The molecule has 8 aliphatic heterocycles. The fourth-order valence-electron chi connectivity index (χ4n) is 23.6. The van der Waals surface area contributed by atoms with E-state index >= 15 is 4.39 Å². The van der Waals surface area contributed by atoms with Crippen molar-refractivity contribution in [2.75, 3.05) is 170 Å². The quantitative estimate of drug-likeness (QED) is 0.0408. The summed E-state index contributed by atoms with van der Waals surface area (Å²) in [5.74, 6) is 1.78. The van der Waals surface area contributed by atoms with Gasteiger partial charge in [0, 0.05) is 183 Å². The highest BCUT2D eigenvalue weighted by Gasteiger charge is 2.58. The molecule has 0 aromatic heterocycles. The van der Waals surface area contributed by atoms with E-state index in [9.17, 15) is 36.4 Å². The molecule has 0 spiro atoms. The molecule has 0 radical (unpaired) electrons. The molecular weight excluding hydrogens is 1840 g/mol. The number of carbonyl (C=O) groups excluding carboxylic acids is 4. The molecule has 129 heavy (non-hydrogen) atoms. The number of ether oxygens (including phenoxy) is 5. The van der Waals surface area contributed by atoms with Gasteiger partial charge < -0.3 is 79.3 Å². The fraction of sp³-hybridized carbons (Fsp3) is 0.702. The smallest absolute Gasteiger partial charge is 0.410 e. The lowest BCUT2D eigenvalue weighted by Crippen LogP contribution is -2.68. The first kappa shape index (κ1) is 103. The number of amides is 4. The summed E-state index contributed by atoms with van der Waals surface area (Å²) < 4.78 is 96.6. The van der Waals surface area contributed by atoms with Gasteiger partial charge in [0.05, 0.1) is 44.6 Å². The highest BCUT2D eigenvalue weighted by atomic mass is 33.4. The topological polar surface area (TPSA) is 219 Å². The monoisotopic (exact) mass is 1980 g/mol. The van der Waals surface area contributed by atoms with Crippen LogP contribution in [0.3, 0.4) is 0 Å². The van der Waals surface area contributed by atoms with Crippen LogP contribution in [0.2, 0.25) is 0 Å². The standard InChI is InChI=1S/C38H53FN4O5S.C32H49FN4O4.C23H34FN3O2.CH4.S9/c1-3-48-37(25-43(26-37)31-11-13-32(14-12-31)49(45,46)33-15-16-33)24-42-21-17-28(18-22-42)38(27-41-19-6-20-41,29-7-4-8-30(39)23-29)34-9-5-10-35(34)40-36(44)47-2;1-31(2,3)41-30(39)37-20-23(21-37)19-35-16-12-24(13-17-35)32(22-36-14-7-15-36,25-8-5-9-26(33)18-25)27-10-6-11-28(27)34-29(38)40-4;1-29-22(28)26-21-8-3-7-20(21)23(16-27-13-4-14-27,17-9-11-25-12-10-17)18-5-2-6-19(24)15-18;;1-3-5-7-9-8-6-4-2/h4,7-8,11-14,23,28,33-35H,3,5-6,9-10,15-22,24-27H2,1-2H3,(H,40,44);5,8-9,18,23-24,27-28H,6-7,10-17,19-22H2,1-4H3,(H,34,38);2,5-6,15,17,20-21,25H,3-4,7-14,16H2,1H3,(H,26,28);1H4;/t34-,35-,38-;27-,28-,32-;20-,21-,23-;;/m000../s1. The van der Waals surface area contributed by atoms with E-state index in [0.717, 1.165) is 269 Å². The normalized spacial score (nSPS) is 24.9. The van der Waals surface area contributed by atoms with Gasteiger partial charge in [-0.25, -0.2) is 40.8 Å². The number of methoxy groups -OCH3 is 3. The van der Waals surface area contributed by atoms with E-state index in [1.165, 1.54) is 58.4 Å². The number of piperidine rings is 3. The third-order valence-corrected chi connectivity index (χ3v) is 45.4. The predicted octanol–water partition coefficient (Wildman–Crippen LogP) is 14.0. The number of nitrogens with one attached hydrogen (secondary N) is 4. The Morgan fingerprint density at radius 1 is 0.496 bits per heavy atom. The van der Waals surface area contributed by atoms with Crippen LogP contribution in [0.4, 0.5) is 38.0 Å². The molecule has 4 N–H and O–H groups in total. The van der Waals surface area contributed by atoms with Crippen molar-refractivity contribution < 1.29 is 64.5 Å². The molecule has 9 atom stereocenters. The lowest BCUT2D eigenvalue weighted by atomic mass is 9.57. The lowest BCUT2D eigenvalue weighted by Gasteiger charge is -2.55. The Labute approximate surface area is 795 Å². The van der Waals surface area contributed by atoms with Crippen LogP contribution in [-0.2, 0) is 134 Å². The Balaban J connectivity index is 0.000000171. The molecule has 22 nitrogen and oxygen atoms in total. The summed E-state index contributed by atoms with van der Waals surface area (Å²) in [5.41, 5.74) is 2.84. The molecule has 4 aliphatic carbocycles. The average molecular weight is 1980 g/mol. The number of sulfone groups is 1. The summed E-state index contributed by atoms with van der Waals surface area (Å²) in [6.45, 7) is 28.3. The Morgan fingerprint density at radius 2 is 0.884 bits per heavy atom. The maximum atomic E-state index is 15.0. The van der Waals surface area contributed by atoms with Crippen LogP contribution in [0.1, 0.15) is 180 Å². The van der Waals surface area contributed by atoms with Crippen molar-refractivity contribution in [3.05, 3.63) is 131 Å². The van der Waals surface area contributed by atoms with Crippen LogP contribution < -0.4 is 26.2 Å². The van der Waals surface area contributed by atoms with Crippen molar-refractivity contribution in [1.29, 1.82) is 0 Å². The van der Waals surface area contributed by atoms with Crippen molar-refractivity contribution >= 4 is 124 Å². The van der Waals surface area contributed by atoms with E-state index < -0.39 is 15.4 Å². The molecule has 0 unspecified atom stereocenters. The van der Waals surface area contributed by atoms with Crippen LogP contribution in [0.15, 0.2) is 102 Å². The van der Waals surface area contributed by atoms with Crippen LogP contribution in [0, 0.1) is 58.9 Å². The van der Waals surface area contributed by atoms with Gasteiger partial charge in [-0.2, -0.15) is 0 Å². The zero-order valence-electron chi connectivity index (χ0n) is 75.6. The molecule has 8 saturated heterocycles. The minimum atomic E-state index is -3.20. The van der Waals surface area contributed by atoms with E-state index in [-0.39, 0.29) is 112 Å². The predicted molar refractivity (Wildman–Crippen MR) is 529 cm³/mol. The molecule has 12 fully saturated rings. The summed E-state index contributed by atoms with van der Waals surface area (Å²) in [4.78, 5) is 66.5. The summed E-state index contributed by atoms with van der Waals surface area (Å²) in [7, 11) is 12.0. The fourth-order valence-corrected chi connectivity index (χ4v) is 38.9. The maximum Gasteiger partial charge on any atom is 0.410 e. The summed E-state index contributed by atoms with van der Waals surface area (Å²) in [5, 5.41) is 12.8. The van der Waals surface area contributed by atoms with Crippen molar-refractivity contribution in [2.45, 2.75) is 219 Å². The average Bonchev–Trinajstić information content (AvgIpc) is 1.73. The summed E-state index contributed by atoms with van der Waals surface area (Å²) >= 11 is 9.27. The van der Waals surface area contributed by atoms with E-state index in [0.29, 0.717) is 35.2 Å². The number of anilines is 1. The number of hydrogen-bond acceptors (Lipinski definition) is 20. The minimum absolute atomic E-state index is 0. The zero-order valence-corrected chi connectivity index (χ0v) is 83.8. The highest BCUT2D eigenvalue weighted by Crippen LogP contribution is 2.56. The highest BCUT2D eigenvalue weighted by molar-refractivity contribution is 8.72. The first-order chi connectivity index (χ1) is 61.8. The van der Waals surface area contributed by atoms with Gasteiger partial charge in [0.1, 0.15) is 28.7 Å². The van der Waals surface area contributed by atoms with Crippen molar-refractivity contribution in [3.63, 3.8) is 0 Å². The summed E-state index contributed by atoms with van der Waals surface area (Å²) in [6, 6.07) is 29.3. The zero-order chi connectivity index (χ0) is 90.6. The Kier molecular flexibility index (Phi) is 38.6. The van der Waals surface area contributed by atoms with Crippen molar-refractivity contribution in [3.8, 4) is 0 Å². The lowest BCUT2D eigenvalue weighted by molar-refractivity contribution is -0.0856. The van der Waals surface area contributed by atoms with Gasteiger partial charge in [0.15, 0.2) is 9.84 Å². The Bertz CT molecular complexity index is 4780. The molecule has 16 rings (SSSR count). The number of alkyl carbamates (subject to hydrolysis) is 3. The first-order valence-electron chi connectivity index (χ1n) is 46.5. The van der Waals surface area contributed by atoms with Gasteiger partial charge in [-0.15, -0.1) is 0 Å². The number of rotatable bonds is 27. The first-order valence-corrected chi connectivity index (χ1v) is 58.8. The molecule has 4 aromatic carbocycles. The van der Waals surface area contributed by atoms with E-state index in [4.69, 9.17) is 23.7 Å². The van der Waals surface area contributed by atoms with Crippen molar-refractivity contribution in [1.82, 2.24) is 50.7 Å². The molecule has 4 saturated carbocycles. The Morgan fingerprint density at radius 3 is 1.23 bits per heavy atom. The molecule has 35 heteroatoms. The SMILES string of the molecule is C.CCOC1(CN2CCC([C@@](CN3CCC3)(c3cccc(F)c3)[C@H]3CCC[C@@H]3NC(=O)OC)CC2)CN(c2ccc(S(=O)(=O)C3CC3)cc2)C1.COC(=O)N[C@H]1CCC[C@@H]1[C@](CN1CCC1)(c1cccc(F)c1)C1CCN(CC2CN(C(=O)OC(C)(C)C)C2)CC1.COC(=O)N[C@H]1CCC[C@@H]1[C@](CN1CCC1)(c1cccc(F)c1)C1CCNCC1.S=S=S=S=S=S=S=S=S. The van der Waals surface area contributed by atoms with Crippen LogP contribution >= 0.6 is 0 Å². The van der Waals surface area contributed by atoms with E-state index in [1.54, 1.807) is 97.8 Å². The van der Waals surface area contributed by atoms with Gasteiger partial charge in [-0.3, -0.25) is 0 Å². The Hall–Kier alpha value is -4.80. The summed E-state index contributed by atoms with van der Waals surface area (Å²) in [6.07, 6.45) is 19.1. The second-order valence-electron chi connectivity index (χ2n) is 38.5. The second-order valence-corrected chi connectivity index (χ2v) is 53.1. The number of nitrogens with zero attached hydrogens (tertiary/aromatic N) is 7. The van der Waals surface area contributed by atoms with E-state index in [1.807, 2.05) is 51.1 Å². The van der Waals surface area contributed by atoms with Gasteiger partial charge in [0.2, 0.25) is 0 Å². The van der Waals surface area contributed by atoms with Gasteiger partial charge in [-0.05, 0) is 328 Å². The van der Waals surface area contributed by atoms with Gasteiger partial charge in [0.25, 0.3) is 0 Å². The number of hydrogen-bond donors (Lipinski definition) is 4. The molecule has 12 aliphatic rings. The third-order valence-electron chi connectivity index (χ3n) is 29.8. The van der Waals surface area contributed by atoms with E-state index in [2.05, 4.69) is 98.2 Å². The van der Waals surface area contributed by atoms with Crippen LogP contribution in [0.25, 0.3) is 0 Å². The number of benzene rings is 4. The van der Waals surface area contributed by atoms with Crippen LogP contribution in [-0.4, -0.2) is 262 Å². The number of likely N-dealkylation sites (tertiary alicyclic amines) is 6. The number of halogens is 3. The molecule has 4 aromatic rings. The molecule has 0 bridgehead atoms. The number of carbonyl (C=O) groups is 4. The van der Waals surface area contributed by atoms with Gasteiger partial charge in [-0.1, -0.05) is 63.1 Å². The largest absolute Gasteiger partial charge is 0.453 e. The van der Waals surface area contributed by atoms with Crippen molar-refractivity contribution in [2.24, 2.45) is 41.4 Å². The maximum absolute atomic E-state index is 15.0. The van der Waals surface area contributed by atoms with Crippen LogP contribution in [0.5, 0.6) is 0 Å². The minimum Gasteiger partial charge on any atom is -0.453 e. The molecule has 4 amide bonds. The van der Waals surface area contributed by atoms with Gasteiger partial charge >= 0.3 is 24.4 Å².